The molecule has 10 nitrogen and oxygen atoms in total. The van der Waals surface area contributed by atoms with Crippen LogP contribution in [-0.4, -0.2) is 48.4 Å². The standard InChI is InChI=1S/C29H21F5N6O4/c1-36-24(41)18-6-4-15(11-21(18)30)38(2)25(42)19-7-5-16(12-22(19)31)40-27(44)39(26(43)28(40)8-3-9-28)17-10-20(29(32,33)34)23(13-35)37-14-17/h4-7,10-12,14H,3,8-9H2,1-2H3,(H,36,41). The number of nitrogens with one attached hydrogen (secondary N) is 1. The lowest BCUT2D eigenvalue weighted by molar-refractivity contribution is -0.138. The summed E-state index contributed by atoms with van der Waals surface area (Å²) in [4.78, 5) is 57.9. The molecule has 5 rings (SSSR count). The van der Waals surface area contributed by atoms with Gasteiger partial charge in [-0.3, -0.25) is 19.3 Å². The molecule has 15 heteroatoms. The molecule has 1 spiro atoms. The number of hydrogen-bond acceptors (Lipinski definition) is 6. The average Bonchev–Trinajstić information content (AvgIpc) is 3.21. The van der Waals surface area contributed by atoms with E-state index in [-0.39, 0.29) is 29.8 Å². The fourth-order valence-corrected chi connectivity index (χ4v) is 5.24. The molecule has 2 aliphatic rings. The van der Waals surface area contributed by atoms with Crippen molar-refractivity contribution in [1.82, 2.24) is 10.3 Å². The number of rotatable bonds is 5. The van der Waals surface area contributed by atoms with Gasteiger partial charge in [-0.05, 0) is 61.7 Å². The van der Waals surface area contributed by atoms with Gasteiger partial charge >= 0.3 is 12.2 Å². The van der Waals surface area contributed by atoms with E-state index in [0.29, 0.717) is 17.4 Å². The SMILES string of the molecule is CNC(=O)c1ccc(N(C)C(=O)c2ccc(N3C(=O)N(c4cnc(C#N)c(C(F)(F)F)c4)C(=O)C34CCC4)cc2F)cc1F. The van der Waals surface area contributed by atoms with E-state index in [1.54, 1.807) is 0 Å². The van der Waals surface area contributed by atoms with E-state index in [9.17, 15) is 36.7 Å². The minimum absolute atomic E-state index is 0.0160. The Labute approximate surface area is 246 Å². The third-order valence-electron chi connectivity index (χ3n) is 7.69. The van der Waals surface area contributed by atoms with E-state index in [0.717, 1.165) is 40.3 Å². The number of nitrogens with zero attached hydrogens (tertiary/aromatic N) is 5. The number of carbonyl (C=O) groups is 4. The summed E-state index contributed by atoms with van der Waals surface area (Å²) in [6.45, 7) is 0. The first kappa shape index (κ1) is 30.1. The second-order valence-electron chi connectivity index (χ2n) is 10.1. The Morgan fingerprint density at radius 2 is 1.68 bits per heavy atom. The van der Waals surface area contributed by atoms with Crippen LogP contribution >= 0.6 is 0 Å². The molecule has 3 aromatic rings. The maximum absolute atomic E-state index is 15.4. The van der Waals surface area contributed by atoms with Crippen LogP contribution in [-0.2, 0) is 11.0 Å². The Morgan fingerprint density at radius 1 is 1.02 bits per heavy atom. The zero-order valence-corrected chi connectivity index (χ0v) is 23.0. The third-order valence-corrected chi connectivity index (χ3v) is 7.69. The predicted molar refractivity (Wildman–Crippen MR) is 145 cm³/mol. The van der Waals surface area contributed by atoms with Gasteiger partial charge in [0.1, 0.15) is 23.2 Å². The highest BCUT2D eigenvalue weighted by atomic mass is 19.4. The van der Waals surface area contributed by atoms with Crippen LogP contribution in [0.4, 0.5) is 43.8 Å². The third kappa shape index (κ3) is 4.68. The predicted octanol–water partition coefficient (Wildman–Crippen LogP) is 4.78. The van der Waals surface area contributed by atoms with Crippen molar-refractivity contribution in [2.24, 2.45) is 0 Å². The molecule has 1 aromatic heterocycles. The number of imide groups is 1. The molecule has 1 N–H and O–H groups in total. The maximum Gasteiger partial charge on any atom is 0.419 e. The van der Waals surface area contributed by atoms with Gasteiger partial charge < -0.3 is 10.2 Å². The number of anilines is 3. The smallest absolute Gasteiger partial charge is 0.355 e. The Bertz CT molecular complexity index is 1780. The molecule has 5 amide bonds. The molecule has 0 atom stereocenters. The van der Waals surface area contributed by atoms with Crippen LogP contribution in [0.25, 0.3) is 0 Å². The summed E-state index contributed by atoms with van der Waals surface area (Å²) in [5, 5.41) is 11.3. The van der Waals surface area contributed by atoms with Gasteiger partial charge in [0, 0.05) is 25.5 Å². The molecule has 0 unspecified atom stereocenters. The summed E-state index contributed by atoms with van der Waals surface area (Å²) in [7, 11) is 2.58. The van der Waals surface area contributed by atoms with Crippen LogP contribution in [0.3, 0.4) is 0 Å². The number of hydrogen-bond donors (Lipinski definition) is 1. The molecule has 1 saturated carbocycles. The normalized spacial score (nSPS) is 15.7. The zero-order chi connectivity index (χ0) is 32.1. The van der Waals surface area contributed by atoms with Gasteiger partial charge in [0.2, 0.25) is 0 Å². The second-order valence-corrected chi connectivity index (χ2v) is 10.1. The zero-order valence-electron chi connectivity index (χ0n) is 23.0. The molecule has 1 aliphatic carbocycles. The van der Waals surface area contributed by atoms with Crippen LogP contribution in [0.2, 0.25) is 0 Å². The molecule has 2 fully saturated rings. The summed E-state index contributed by atoms with van der Waals surface area (Å²) in [5.41, 5.74) is -5.21. The number of carbonyl (C=O) groups excluding carboxylic acids is 4. The Morgan fingerprint density at radius 3 is 2.23 bits per heavy atom. The molecule has 226 valence electrons. The monoisotopic (exact) mass is 612 g/mol. The van der Waals surface area contributed by atoms with Crippen molar-refractivity contribution >= 4 is 40.8 Å². The Balaban J connectivity index is 1.47. The number of benzene rings is 2. The van der Waals surface area contributed by atoms with Gasteiger partial charge in [0.15, 0.2) is 5.69 Å². The quantitative estimate of drug-likeness (QED) is 0.327. The van der Waals surface area contributed by atoms with Gasteiger partial charge in [-0.1, -0.05) is 0 Å². The largest absolute Gasteiger partial charge is 0.419 e. The summed E-state index contributed by atoms with van der Waals surface area (Å²) in [6.07, 6.45) is -3.40. The number of nitriles is 1. The van der Waals surface area contributed by atoms with Crippen molar-refractivity contribution < 1.29 is 41.1 Å². The fourth-order valence-electron chi connectivity index (χ4n) is 5.24. The molecule has 1 saturated heterocycles. The number of halogens is 5. The number of pyridine rings is 1. The van der Waals surface area contributed by atoms with E-state index >= 15 is 4.39 Å². The molecule has 2 aromatic carbocycles. The first-order valence-corrected chi connectivity index (χ1v) is 13.0. The lowest BCUT2D eigenvalue weighted by Crippen LogP contribution is -2.55. The van der Waals surface area contributed by atoms with Crippen molar-refractivity contribution in [3.63, 3.8) is 0 Å². The van der Waals surface area contributed by atoms with E-state index < -0.39 is 69.6 Å². The van der Waals surface area contributed by atoms with Gasteiger partial charge in [0.25, 0.3) is 17.7 Å². The molecule has 44 heavy (non-hydrogen) atoms. The number of urea groups is 1. The van der Waals surface area contributed by atoms with E-state index in [4.69, 9.17) is 5.26 Å². The summed E-state index contributed by atoms with van der Waals surface area (Å²) < 4.78 is 70.6. The molecular weight excluding hydrogens is 591 g/mol. The summed E-state index contributed by atoms with van der Waals surface area (Å²) in [6, 6.07) is 7.27. The Hall–Kier alpha value is -5.39. The lowest BCUT2D eigenvalue weighted by atomic mass is 9.75. The van der Waals surface area contributed by atoms with Crippen molar-refractivity contribution in [3.05, 3.63) is 82.7 Å². The minimum atomic E-state index is -5.00. The van der Waals surface area contributed by atoms with E-state index in [2.05, 4.69) is 10.3 Å². The maximum atomic E-state index is 15.4. The summed E-state index contributed by atoms with van der Waals surface area (Å²) >= 11 is 0. The van der Waals surface area contributed by atoms with Crippen LogP contribution in [0.1, 0.15) is 51.2 Å². The molecule has 0 radical (unpaired) electrons. The molecule has 1 aliphatic heterocycles. The minimum Gasteiger partial charge on any atom is -0.355 e. The van der Waals surface area contributed by atoms with E-state index in [1.807, 2.05) is 0 Å². The first-order valence-electron chi connectivity index (χ1n) is 13.0. The van der Waals surface area contributed by atoms with Crippen molar-refractivity contribution in [2.45, 2.75) is 31.0 Å². The van der Waals surface area contributed by atoms with Gasteiger partial charge in [-0.25, -0.2) is 23.5 Å². The molecular formula is C29H21F5N6O4. The topological polar surface area (TPSA) is 127 Å². The van der Waals surface area contributed by atoms with Crippen molar-refractivity contribution in [2.75, 3.05) is 28.8 Å². The van der Waals surface area contributed by atoms with Crippen LogP contribution < -0.4 is 20.0 Å². The second kappa shape index (κ2) is 10.7. The highest BCUT2D eigenvalue weighted by Gasteiger charge is 2.61. The van der Waals surface area contributed by atoms with Crippen LogP contribution in [0.5, 0.6) is 0 Å². The fraction of sp³-hybridized carbons (Fsp3) is 0.241. The number of alkyl halides is 3. The number of aromatic nitrogens is 1. The number of amides is 5. The van der Waals surface area contributed by atoms with Gasteiger partial charge in [-0.2, -0.15) is 18.4 Å². The molecule has 2 heterocycles. The summed E-state index contributed by atoms with van der Waals surface area (Å²) in [5.74, 6) is -4.41. The highest BCUT2D eigenvalue weighted by molar-refractivity contribution is 6.30. The Kier molecular flexibility index (Phi) is 7.32. The average molecular weight is 613 g/mol. The van der Waals surface area contributed by atoms with Crippen LogP contribution in [0.15, 0.2) is 48.7 Å². The van der Waals surface area contributed by atoms with Crippen molar-refractivity contribution in [1.29, 1.82) is 5.26 Å². The van der Waals surface area contributed by atoms with Crippen LogP contribution in [0, 0.1) is 23.0 Å². The van der Waals surface area contributed by atoms with Gasteiger partial charge in [0.05, 0.1) is 28.6 Å². The highest BCUT2D eigenvalue weighted by Crippen LogP contribution is 2.48. The van der Waals surface area contributed by atoms with E-state index in [1.165, 1.54) is 32.3 Å². The van der Waals surface area contributed by atoms with Crippen molar-refractivity contribution in [3.8, 4) is 6.07 Å². The molecule has 0 bridgehead atoms. The first-order chi connectivity index (χ1) is 20.7. The lowest BCUT2D eigenvalue weighted by Gasteiger charge is -2.42. The van der Waals surface area contributed by atoms with Gasteiger partial charge in [-0.15, -0.1) is 0 Å².